The van der Waals surface area contributed by atoms with Crippen LogP contribution in [0.2, 0.25) is 0 Å². The molecule has 23 heavy (non-hydrogen) atoms. The Morgan fingerprint density at radius 2 is 1.83 bits per heavy atom. The van der Waals surface area contributed by atoms with E-state index in [0.29, 0.717) is 0 Å². The van der Waals surface area contributed by atoms with Crippen LogP contribution in [-0.4, -0.2) is 43.2 Å². The Morgan fingerprint density at radius 1 is 1.09 bits per heavy atom. The Balaban J connectivity index is 1.73. The summed E-state index contributed by atoms with van der Waals surface area (Å²) in [6.45, 7) is 4.36. The molecule has 0 aromatic heterocycles. The molecule has 1 aliphatic heterocycles. The number of ketones is 1. The first-order valence-corrected chi connectivity index (χ1v) is 9.06. The molecular weight excluding hydrogens is 306 g/mol. The monoisotopic (exact) mass is 327 g/mol. The summed E-state index contributed by atoms with van der Waals surface area (Å²) in [7, 11) is 0. The molecule has 0 N–H and O–H groups in total. The summed E-state index contributed by atoms with van der Waals surface area (Å²) in [5.41, 5.74) is 2.68. The van der Waals surface area contributed by atoms with Crippen molar-refractivity contribution in [2.24, 2.45) is 0 Å². The lowest BCUT2D eigenvalue weighted by atomic mass is 10.0. The number of carbonyl (C=O) groups is 1. The third-order valence-corrected chi connectivity index (χ3v) is 4.79. The molecule has 0 spiro atoms. The summed E-state index contributed by atoms with van der Waals surface area (Å²) >= 11 is 1.68. The quantitative estimate of drug-likeness (QED) is 0.621. The molecule has 0 bridgehead atoms. The molecule has 1 fully saturated rings. The van der Waals surface area contributed by atoms with Crippen molar-refractivity contribution in [1.82, 2.24) is 4.90 Å². The van der Waals surface area contributed by atoms with Gasteiger partial charge < -0.3 is 4.74 Å². The molecule has 0 saturated carbocycles. The molecule has 0 amide bonds. The van der Waals surface area contributed by atoms with Crippen LogP contribution in [0.5, 0.6) is 0 Å². The Labute approximate surface area is 141 Å². The largest absolute Gasteiger partial charge is 0.379 e. The fourth-order valence-electron chi connectivity index (χ4n) is 2.74. The van der Waals surface area contributed by atoms with E-state index >= 15 is 0 Å². The lowest BCUT2D eigenvalue weighted by Crippen LogP contribution is -2.35. The minimum absolute atomic E-state index is 0.0847. The maximum atomic E-state index is 12.6. The van der Waals surface area contributed by atoms with Crippen LogP contribution in [0, 0.1) is 0 Å². The van der Waals surface area contributed by atoms with E-state index in [-0.39, 0.29) is 5.78 Å². The number of rotatable bonds is 5. The molecule has 1 aliphatic rings. The van der Waals surface area contributed by atoms with Crippen molar-refractivity contribution in [3.63, 3.8) is 0 Å². The second kappa shape index (κ2) is 7.77. The minimum Gasteiger partial charge on any atom is -0.379 e. The molecule has 0 aliphatic carbocycles. The topological polar surface area (TPSA) is 29.5 Å². The van der Waals surface area contributed by atoms with Gasteiger partial charge in [0.1, 0.15) is 0 Å². The van der Waals surface area contributed by atoms with Crippen molar-refractivity contribution >= 4 is 17.5 Å². The molecule has 3 rings (SSSR count). The van der Waals surface area contributed by atoms with Crippen LogP contribution >= 0.6 is 11.8 Å². The van der Waals surface area contributed by atoms with Crippen molar-refractivity contribution < 1.29 is 9.53 Å². The van der Waals surface area contributed by atoms with Crippen molar-refractivity contribution in [1.29, 1.82) is 0 Å². The number of hydrogen-bond donors (Lipinski definition) is 0. The number of benzene rings is 2. The average molecular weight is 327 g/mol. The predicted molar refractivity (Wildman–Crippen MR) is 94.2 cm³/mol. The van der Waals surface area contributed by atoms with E-state index in [2.05, 4.69) is 11.0 Å². The van der Waals surface area contributed by atoms with Gasteiger partial charge in [-0.25, -0.2) is 0 Å². The summed E-state index contributed by atoms with van der Waals surface area (Å²) in [5.74, 6) is 0.0847. The molecular formula is C19H21NO2S. The lowest BCUT2D eigenvalue weighted by molar-refractivity contribution is 0.0342. The molecule has 1 heterocycles. The van der Waals surface area contributed by atoms with Gasteiger partial charge in [-0.05, 0) is 42.2 Å². The van der Waals surface area contributed by atoms with Gasteiger partial charge in [0.25, 0.3) is 0 Å². The van der Waals surface area contributed by atoms with Gasteiger partial charge in [0.2, 0.25) is 0 Å². The third kappa shape index (κ3) is 4.22. The van der Waals surface area contributed by atoms with Gasteiger partial charge in [-0.1, -0.05) is 18.2 Å². The highest BCUT2D eigenvalue weighted by Gasteiger charge is 2.13. The second-order valence-corrected chi connectivity index (χ2v) is 6.53. The summed E-state index contributed by atoms with van der Waals surface area (Å²) in [6.07, 6.45) is 2.03. The molecule has 0 radical (unpaired) electrons. The van der Waals surface area contributed by atoms with Crippen LogP contribution in [0.25, 0.3) is 0 Å². The molecule has 2 aromatic carbocycles. The zero-order valence-electron chi connectivity index (χ0n) is 13.3. The van der Waals surface area contributed by atoms with E-state index in [9.17, 15) is 4.79 Å². The Morgan fingerprint density at radius 3 is 2.52 bits per heavy atom. The van der Waals surface area contributed by atoms with E-state index in [1.807, 2.05) is 48.7 Å². The number of hydrogen-bond acceptors (Lipinski definition) is 4. The van der Waals surface area contributed by atoms with Crippen LogP contribution in [-0.2, 0) is 11.3 Å². The smallest absolute Gasteiger partial charge is 0.193 e. The number of ether oxygens (including phenoxy) is 1. The van der Waals surface area contributed by atoms with Gasteiger partial charge in [0.05, 0.1) is 13.2 Å². The first-order valence-electron chi connectivity index (χ1n) is 7.84. The highest BCUT2D eigenvalue weighted by molar-refractivity contribution is 7.98. The van der Waals surface area contributed by atoms with Crippen LogP contribution in [0.15, 0.2) is 53.4 Å². The third-order valence-electron chi connectivity index (χ3n) is 4.05. The number of nitrogens with zero attached hydrogens (tertiary/aromatic N) is 1. The first-order chi connectivity index (χ1) is 11.3. The molecule has 0 atom stereocenters. The van der Waals surface area contributed by atoms with Gasteiger partial charge in [-0.15, -0.1) is 11.8 Å². The van der Waals surface area contributed by atoms with E-state index in [0.717, 1.165) is 44.0 Å². The van der Waals surface area contributed by atoms with Gasteiger partial charge in [0, 0.05) is 35.7 Å². The molecule has 2 aromatic rings. The van der Waals surface area contributed by atoms with Gasteiger partial charge >= 0.3 is 0 Å². The lowest BCUT2D eigenvalue weighted by Gasteiger charge is -2.26. The summed E-state index contributed by atoms with van der Waals surface area (Å²) in [6, 6.07) is 15.8. The summed E-state index contributed by atoms with van der Waals surface area (Å²) in [4.78, 5) is 16.2. The Kier molecular flexibility index (Phi) is 5.49. The zero-order valence-corrected chi connectivity index (χ0v) is 14.1. The SMILES string of the molecule is CSc1ccc(C(=O)c2cccc(CN3CCOCC3)c2)cc1. The number of carbonyl (C=O) groups excluding carboxylic acids is 1. The number of thioether (sulfide) groups is 1. The van der Waals surface area contributed by atoms with E-state index in [1.54, 1.807) is 11.8 Å². The van der Waals surface area contributed by atoms with Crippen molar-refractivity contribution in [3.05, 3.63) is 65.2 Å². The van der Waals surface area contributed by atoms with Crippen LogP contribution in [0.3, 0.4) is 0 Å². The van der Waals surface area contributed by atoms with Crippen molar-refractivity contribution in [2.75, 3.05) is 32.6 Å². The second-order valence-electron chi connectivity index (χ2n) is 5.65. The Hall–Kier alpha value is -1.62. The van der Waals surface area contributed by atoms with Gasteiger partial charge in [-0.2, -0.15) is 0 Å². The molecule has 1 saturated heterocycles. The normalized spacial score (nSPS) is 15.5. The predicted octanol–water partition coefficient (Wildman–Crippen LogP) is 3.47. The Bertz CT molecular complexity index is 663. The fourth-order valence-corrected chi connectivity index (χ4v) is 3.15. The van der Waals surface area contributed by atoms with Gasteiger partial charge in [-0.3, -0.25) is 9.69 Å². The molecule has 4 heteroatoms. The van der Waals surface area contributed by atoms with E-state index in [4.69, 9.17) is 4.74 Å². The minimum atomic E-state index is 0.0847. The van der Waals surface area contributed by atoms with Crippen LogP contribution in [0.4, 0.5) is 0 Å². The van der Waals surface area contributed by atoms with E-state index in [1.165, 1.54) is 10.5 Å². The maximum absolute atomic E-state index is 12.6. The van der Waals surface area contributed by atoms with Crippen LogP contribution in [0.1, 0.15) is 21.5 Å². The highest BCUT2D eigenvalue weighted by atomic mass is 32.2. The molecule has 120 valence electrons. The summed E-state index contributed by atoms with van der Waals surface area (Å²) in [5, 5.41) is 0. The first kappa shape index (κ1) is 16.2. The summed E-state index contributed by atoms with van der Waals surface area (Å²) < 4.78 is 5.38. The van der Waals surface area contributed by atoms with Gasteiger partial charge in [0.15, 0.2) is 5.78 Å². The molecule has 3 nitrogen and oxygen atoms in total. The van der Waals surface area contributed by atoms with E-state index < -0.39 is 0 Å². The molecule has 0 unspecified atom stereocenters. The number of morpholine rings is 1. The van der Waals surface area contributed by atoms with Crippen molar-refractivity contribution in [2.45, 2.75) is 11.4 Å². The fraction of sp³-hybridized carbons (Fsp3) is 0.316. The highest BCUT2D eigenvalue weighted by Crippen LogP contribution is 2.18. The standard InChI is InChI=1S/C19H21NO2S/c1-23-18-7-5-16(6-8-18)19(21)17-4-2-3-15(13-17)14-20-9-11-22-12-10-20/h2-8,13H,9-12,14H2,1H3. The van der Waals surface area contributed by atoms with Crippen LogP contribution < -0.4 is 0 Å². The zero-order chi connectivity index (χ0) is 16.1. The maximum Gasteiger partial charge on any atom is 0.193 e. The van der Waals surface area contributed by atoms with Crippen molar-refractivity contribution in [3.8, 4) is 0 Å². The average Bonchev–Trinajstić information content (AvgIpc) is 2.62.